The Morgan fingerprint density at radius 3 is 2.53 bits per heavy atom. The van der Waals surface area contributed by atoms with Gasteiger partial charge in [0.1, 0.15) is 11.5 Å². The number of rotatable bonds is 5. The molecule has 0 aliphatic carbocycles. The Morgan fingerprint density at radius 1 is 1.21 bits per heavy atom. The van der Waals surface area contributed by atoms with Gasteiger partial charge in [-0.2, -0.15) is 0 Å². The first-order chi connectivity index (χ1) is 9.26. The number of halogens is 1. The SMILES string of the molecule is CCNC(c1ccc(F)cc1)c1nccnc1OC. The largest absolute Gasteiger partial charge is 0.480 e. The zero-order valence-electron chi connectivity index (χ0n) is 10.9. The summed E-state index contributed by atoms with van der Waals surface area (Å²) in [6.45, 7) is 2.75. The van der Waals surface area contributed by atoms with E-state index in [-0.39, 0.29) is 11.9 Å². The van der Waals surface area contributed by atoms with Gasteiger partial charge in [0.2, 0.25) is 5.88 Å². The van der Waals surface area contributed by atoms with E-state index < -0.39 is 0 Å². The van der Waals surface area contributed by atoms with Crippen LogP contribution in [-0.4, -0.2) is 23.6 Å². The predicted molar refractivity (Wildman–Crippen MR) is 70.5 cm³/mol. The molecule has 5 heteroatoms. The van der Waals surface area contributed by atoms with E-state index in [0.717, 1.165) is 12.1 Å². The summed E-state index contributed by atoms with van der Waals surface area (Å²) >= 11 is 0. The quantitative estimate of drug-likeness (QED) is 0.897. The van der Waals surface area contributed by atoms with Crippen molar-refractivity contribution < 1.29 is 9.13 Å². The van der Waals surface area contributed by atoms with Crippen LogP contribution < -0.4 is 10.1 Å². The third kappa shape index (κ3) is 3.06. The second-order valence-corrected chi connectivity index (χ2v) is 3.99. The van der Waals surface area contributed by atoms with Crippen molar-refractivity contribution in [3.63, 3.8) is 0 Å². The van der Waals surface area contributed by atoms with Gasteiger partial charge in [0.15, 0.2) is 0 Å². The van der Waals surface area contributed by atoms with E-state index in [4.69, 9.17) is 4.74 Å². The third-order valence-electron chi connectivity index (χ3n) is 2.77. The summed E-state index contributed by atoms with van der Waals surface area (Å²) in [5.74, 6) is 0.211. The zero-order chi connectivity index (χ0) is 13.7. The minimum Gasteiger partial charge on any atom is -0.480 e. The Balaban J connectivity index is 2.42. The molecule has 1 unspecified atom stereocenters. The van der Waals surface area contributed by atoms with Crippen molar-refractivity contribution in [2.45, 2.75) is 13.0 Å². The minimum atomic E-state index is -0.259. The average molecular weight is 261 g/mol. The molecule has 0 spiro atoms. The molecule has 0 fully saturated rings. The Morgan fingerprint density at radius 2 is 1.89 bits per heavy atom. The number of hydrogen-bond acceptors (Lipinski definition) is 4. The molecule has 4 nitrogen and oxygen atoms in total. The van der Waals surface area contributed by atoms with Gasteiger partial charge in [-0.1, -0.05) is 19.1 Å². The molecule has 1 N–H and O–H groups in total. The molecule has 2 rings (SSSR count). The summed E-state index contributed by atoms with van der Waals surface area (Å²) in [7, 11) is 1.56. The van der Waals surface area contributed by atoms with Crippen LogP contribution in [0.3, 0.4) is 0 Å². The summed E-state index contributed by atoms with van der Waals surface area (Å²) < 4.78 is 18.2. The van der Waals surface area contributed by atoms with Crippen LogP contribution in [0.25, 0.3) is 0 Å². The van der Waals surface area contributed by atoms with Crippen molar-refractivity contribution in [3.8, 4) is 5.88 Å². The second-order valence-electron chi connectivity index (χ2n) is 3.99. The standard InChI is InChI=1S/C14H16FN3O/c1-3-16-12(10-4-6-11(15)7-5-10)13-14(19-2)18-9-8-17-13/h4-9,12,16H,3H2,1-2H3. The molecule has 1 aromatic heterocycles. The zero-order valence-corrected chi connectivity index (χ0v) is 10.9. The van der Waals surface area contributed by atoms with Gasteiger partial charge >= 0.3 is 0 Å². The third-order valence-corrected chi connectivity index (χ3v) is 2.77. The molecule has 0 aliphatic rings. The Labute approximate surface area is 111 Å². The second kappa shape index (κ2) is 6.24. The lowest BCUT2D eigenvalue weighted by atomic mass is 10.0. The maximum absolute atomic E-state index is 13.0. The lowest BCUT2D eigenvalue weighted by Gasteiger charge is -2.19. The molecular formula is C14H16FN3O. The molecule has 19 heavy (non-hydrogen) atoms. The van der Waals surface area contributed by atoms with Crippen LogP contribution in [0, 0.1) is 5.82 Å². The Kier molecular flexibility index (Phi) is 4.41. The van der Waals surface area contributed by atoms with Crippen molar-refractivity contribution in [1.82, 2.24) is 15.3 Å². The number of ether oxygens (including phenoxy) is 1. The molecule has 1 heterocycles. The van der Waals surface area contributed by atoms with E-state index in [0.29, 0.717) is 11.6 Å². The van der Waals surface area contributed by atoms with Gasteiger partial charge in [-0.25, -0.2) is 9.37 Å². The fraction of sp³-hybridized carbons (Fsp3) is 0.286. The first-order valence-electron chi connectivity index (χ1n) is 6.10. The van der Waals surface area contributed by atoms with Crippen LogP contribution in [0.1, 0.15) is 24.2 Å². The normalized spacial score (nSPS) is 12.2. The summed E-state index contributed by atoms with van der Waals surface area (Å²) in [4.78, 5) is 8.47. The first kappa shape index (κ1) is 13.4. The van der Waals surface area contributed by atoms with E-state index in [9.17, 15) is 4.39 Å². The Bertz CT molecular complexity index is 530. The van der Waals surface area contributed by atoms with E-state index in [1.165, 1.54) is 12.1 Å². The van der Waals surface area contributed by atoms with Crippen molar-refractivity contribution in [3.05, 3.63) is 53.7 Å². The van der Waals surface area contributed by atoms with Crippen LogP contribution in [0.4, 0.5) is 4.39 Å². The van der Waals surface area contributed by atoms with Crippen molar-refractivity contribution in [1.29, 1.82) is 0 Å². The molecule has 1 aromatic carbocycles. The van der Waals surface area contributed by atoms with Gasteiger partial charge < -0.3 is 10.1 Å². The fourth-order valence-electron chi connectivity index (χ4n) is 1.92. The molecule has 1 atom stereocenters. The van der Waals surface area contributed by atoms with Crippen molar-refractivity contribution in [2.24, 2.45) is 0 Å². The molecule has 0 saturated heterocycles. The van der Waals surface area contributed by atoms with Gasteiger partial charge in [-0.05, 0) is 24.2 Å². The summed E-state index contributed by atoms with van der Waals surface area (Å²) in [5.41, 5.74) is 1.61. The van der Waals surface area contributed by atoms with Crippen molar-refractivity contribution >= 4 is 0 Å². The van der Waals surface area contributed by atoms with Crippen LogP contribution in [0.5, 0.6) is 5.88 Å². The highest BCUT2D eigenvalue weighted by Gasteiger charge is 2.19. The van der Waals surface area contributed by atoms with Gasteiger partial charge in [-0.15, -0.1) is 0 Å². The Hall–Kier alpha value is -2.01. The van der Waals surface area contributed by atoms with Crippen LogP contribution in [-0.2, 0) is 0 Å². The highest BCUT2D eigenvalue weighted by molar-refractivity contribution is 5.32. The lowest BCUT2D eigenvalue weighted by molar-refractivity contribution is 0.383. The van der Waals surface area contributed by atoms with Crippen molar-refractivity contribution in [2.75, 3.05) is 13.7 Å². The highest BCUT2D eigenvalue weighted by atomic mass is 19.1. The monoisotopic (exact) mass is 261 g/mol. The van der Waals surface area contributed by atoms with Gasteiger partial charge in [0.25, 0.3) is 0 Å². The van der Waals surface area contributed by atoms with Crippen LogP contribution in [0.2, 0.25) is 0 Å². The smallest absolute Gasteiger partial charge is 0.237 e. The van der Waals surface area contributed by atoms with Gasteiger partial charge in [0.05, 0.1) is 13.2 Å². The first-order valence-corrected chi connectivity index (χ1v) is 6.10. The summed E-state index contributed by atoms with van der Waals surface area (Å²) in [6, 6.07) is 6.16. The van der Waals surface area contributed by atoms with Gasteiger partial charge in [0, 0.05) is 12.4 Å². The maximum atomic E-state index is 13.0. The molecule has 0 saturated carbocycles. The number of hydrogen-bond donors (Lipinski definition) is 1. The van der Waals surface area contributed by atoms with E-state index >= 15 is 0 Å². The number of aromatic nitrogens is 2. The number of nitrogens with zero attached hydrogens (tertiary/aromatic N) is 2. The summed E-state index contributed by atoms with van der Waals surface area (Å²) in [5, 5.41) is 3.30. The van der Waals surface area contributed by atoms with Gasteiger partial charge in [-0.3, -0.25) is 4.98 Å². The highest BCUT2D eigenvalue weighted by Crippen LogP contribution is 2.26. The minimum absolute atomic E-state index is 0.172. The molecular weight excluding hydrogens is 245 g/mol. The molecule has 0 aliphatic heterocycles. The molecule has 0 radical (unpaired) electrons. The van der Waals surface area contributed by atoms with E-state index in [1.54, 1.807) is 31.6 Å². The fourth-order valence-corrected chi connectivity index (χ4v) is 1.92. The average Bonchev–Trinajstić information content (AvgIpc) is 2.46. The molecule has 0 amide bonds. The van der Waals surface area contributed by atoms with Crippen LogP contribution >= 0.6 is 0 Å². The number of benzene rings is 1. The molecule has 0 bridgehead atoms. The number of methoxy groups -OCH3 is 1. The van der Waals surface area contributed by atoms with Crippen LogP contribution in [0.15, 0.2) is 36.7 Å². The number of nitrogens with one attached hydrogen (secondary N) is 1. The maximum Gasteiger partial charge on any atom is 0.237 e. The lowest BCUT2D eigenvalue weighted by Crippen LogP contribution is -2.23. The van der Waals surface area contributed by atoms with E-state index in [2.05, 4.69) is 15.3 Å². The van der Waals surface area contributed by atoms with E-state index in [1.807, 2.05) is 6.92 Å². The molecule has 2 aromatic rings. The predicted octanol–water partition coefficient (Wildman–Crippen LogP) is 2.32. The topological polar surface area (TPSA) is 47.0 Å². The molecule has 100 valence electrons. The summed E-state index contributed by atoms with van der Waals surface area (Å²) in [6.07, 6.45) is 3.20.